The summed E-state index contributed by atoms with van der Waals surface area (Å²) in [7, 11) is 4.26. The number of esters is 1. The first kappa shape index (κ1) is 25.3. The fourth-order valence-corrected chi connectivity index (χ4v) is 3.56. The van der Waals surface area contributed by atoms with Crippen LogP contribution >= 0.6 is 0 Å². The number of benzene rings is 2. The Labute approximate surface area is 199 Å². The second kappa shape index (κ2) is 11.2. The van der Waals surface area contributed by atoms with Crippen LogP contribution in [-0.4, -0.2) is 54.1 Å². The van der Waals surface area contributed by atoms with Crippen LogP contribution in [0.1, 0.15) is 18.4 Å². The molecule has 1 aromatic heterocycles. The van der Waals surface area contributed by atoms with E-state index < -0.39 is 16.6 Å². The number of carbonyl (C=O) groups is 2. The molecular weight excluding hydrogens is 462 g/mol. The molecule has 0 N–H and O–H groups in total. The van der Waals surface area contributed by atoms with Crippen molar-refractivity contribution in [3.63, 3.8) is 0 Å². The highest BCUT2D eigenvalue weighted by molar-refractivity contribution is 5.82. The van der Waals surface area contributed by atoms with Gasteiger partial charge in [0.1, 0.15) is 18.0 Å². The molecule has 12 nitrogen and oxygen atoms in total. The Bertz CT molecular complexity index is 1270. The van der Waals surface area contributed by atoms with E-state index in [1.165, 1.54) is 49.0 Å². The molecule has 2 aromatic carbocycles. The number of ether oxygens (including phenoxy) is 3. The molecule has 0 atom stereocenters. The van der Waals surface area contributed by atoms with Gasteiger partial charge in [-0.25, -0.2) is 4.79 Å². The molecular formula is C23H25N3O9. The molecule has 0 unspecified atom stereocenters. The molecule has 3 rings (SSSR count). The zero-order valence-electron chi connectivity index (χ0n) is 19.5. The summed E-state index contributed by atoms with van der Waals surface area (Å²) in [5, 5.41) is 10.9. The molecule has 0 saturated heterocycles. The van der Waals surface area contributed by atoms with Gasteiger partial charge in [-0.15, -0.1) is 0 Å². The minimum Gasteiger partial charge on any atom is -0.497 e. The molecule has 0 aliphatic heterocycles. The number of carbonyl (C=O) groups excluding carboxylic acids is 2. The third-order valence-electron chi connectivity index (χ3n) is 5.32. The zero-order valence-corrected chi connectivity index (χ0v) is 19.5. The number of oxazole rings is 1. The molecule has 1 amide bonds. The standard InChI is InChI=1S/C23H25N3O9/c1-32-17-9-15(10-18(12-17)33-2)13-24(14-22(28)34-3)21(27)5-4-8-25-19-7-6-16(26(30)31)11-20(19)35-23(25)29/h6-7,9-12H,4-5,8,13-14H2,1-3H3. The first-order valence-corrected chi connectivity index (χ1v) is 10.6. The van der Waals surface area contributed by atoms with Gasteiger partial charge in [0, 0.05) is 31.6 Å². The maximum Gasteiger partial charge on any atom is 0.419 e. The summed E-state index contributed by atoms with van der Waals surface area (Å²) < 4.78 is 21.7. The minimum absolute atomic E-state index is 0.0319. The van der Waals surface area contributed by atoms with Crippen molar-refractivity contribution >= 4 is 28.7 Å². The van der Waals surface area contributed by atoms with Crippen molar-refractivity contribution < 1.29 is 33.1 Å². The summed E-state index contributed by atoms with van der Waals surface area (Å²) in [4.78, 5) is 48.8. The van der Waals surface area contributed by atoms with Gasteiger partial charge >= 0.3 is 11.7 Å². The maximum atomic E-state index is 13.0. The SMILES string of the molecule is COC(=O)CN(Cc1cc(OC)cc(OC)c1)C(=O)CCCn1c(=O)oc2cc([N+](=O)[O-])ccc21. The molecule has 0 aliphatic rings. The lowest BCUT2D eigenvalue weighted by molar-refractivity contribution is -0.384. The molecule has 0 radical (unpaired) electrons. The Kier molecular flexibility index (Phi) is 8.08. The van der Waals surface area contributed by atoms with E-state index in [4.69, 9.17) is 18.6 Å². The van der Waals surface area contributed by atoms with Crippen LogP contribution in [0.4, 0.5) is 5.69 Å². The smallest absolute Gasteiger partial charge is 0.419 e. The monoisotopic (exact) mass is 487 g/mol. The van der Waals surface area contributed by atoms with E-state index in [0.29, 0.717) is 22.6 Å². The molecule has 12 heteroatoms. The van der Waals surface area contributed by atoms with E-state index in [2.05, 4.69) is 0 Å². The zero-order chi connectivity index (χ0) is 25.5. The van der Waals surface area contributed by atoms with Gasteiger partial charge in [0.05, 0.1) is 37.8 Å². The molecule has 3 aromatic rings. The Morgan fingerprint density at radius 3 is 2.37 bits per heavy atom. The summed E-state index contributed by atoms with van der Waals surface area (Å²) in [5.41, 5.74) is 0.982. The van der Waals surface area contributed by atoms with E-state index in [0.717, 1.165) is 0 Å². The van der Waals surface area contributed by atoms with Crippen molar-refractivity contribution in [2.45, 2.75) is 25.9 Å². The maximum absolute atomic E-state index is 13.0. The summed E-state index contributed by atoms with van der Waals surface area (Å²) in [6.07, 6.45) is 0.299. The molecule has 0 aliphatic carbocycles. The van der Waals surface area contributed by atoms with Crippen molar-refractivity contribution in [2.24, 2.45) is 0 Å². The third kappa shape index (κ3) is 6.16. The predicted molar refractivity (Wildman–Crippen MR) is 123 cm³/mol. The van der Waals surface area contributed by atoms with E-state index in [-0.39, 0.29) is 49.7 Å². The average Bonchev–Trinajstić information content (AvgIpc) is 3.17. The normalized spacial score (nSPS) is 10.7. The van der Waals surface area contributed by atoms with Crippen LogP contribution in [0.5, 0.6) is 11.5 Å². The van der Waals surface area contributed by atoms with Crippen LogP contribution in [0.3, 0.4) is 0 Å². The third-order valence-corrected chi connectivity index (χ3v) is 5.32. The number of nitrogens with zero attached hydrogens (tertiary/aromatic N) is 3. The molecule has 0 fully saturated rings. The van der Waals surface area contributed by atoms with Gasteiger partial charge < -0.3 is 23.5 Å². The number of hydrogen-bond acceptors (Lipinski definition) is 9. The highest BCUT2D eigenvalue weighted by atomic mass is 16.6. The van der Waals surface area contributed by atoms with Crippen molar-refractivity contribution in [2.75, 3.05) is 27.9 Å². The molecule has 0 spiro atoms. The quantitative estimate of drug-likeness (QED) is 0.226. The van der Waals surface area contributed by atoms with Gasteiger partial charge in [-0.2, -0.15) is 0 Å². The fraction of sp³-hybridized carbons (Fsp3) is 0.348. The lowest BCUT2D eigenvalue weighted by Crippen LogP contribution is -2.35. The number of methoxy groups -OCH3 is 3. The van der Waals surface area contributed by atoms with Crippen molar-refractivity contribution in [3.8, 4) is 11.5 Å². The van der Waals surface area contributed by atoms with Crippen LogP contribution in [0.15, 0.2) is 45.6 Å². The molecule has 35 heavy (non-hydrogen) atoms. The molecule has 0 bridgehead atoms. The second-order valence-electron chi connectivity index (χ2n) is 7.58. The number of aryl methyl sites for hydroxylation is 1. The van der Waals surface area contributed by atoms with Crippen molar-refractivity contribution in [1.29, 1.82) is 0 Å². The minimum atomic E-state index is -0.678. The van der Waals surface area contributed by atoms with Gasteiger partial charge in [0.15, 0.2) is 5.58 Å². The number of hydrogen-bond donors (Lipinski definition) is 0. The van der Waals surface area contributed by atoms with E-state index in [1.807, 2.05) is 0 Å². The number of nitro groups is 1. The highest BCUT2D eigenvalue weighted by Crippen LogP contribution is 2.24. The van der Waals surface area contributed by atoms with Gasteiger partial charge in [0.25, 0.3) is 5.69 Å². The lowest BCUT2D eigenvalue weighted by Gasteiger charge is -2.22. The Morgan fingerprint density at radius 2 is 1.77 bits per heavy atom. The summed E-state index contributed by atoms with van der Waals surface area (Å²) >= 11 is 0. The van der Waals surface area contributed by atoms with Gasteiger partial charge in [0.2, 0.25) is 5.91 Å². The van der Waals surface area contributed by atoms with Crippen LogP contribution in [0, 0.1) is 10.1 Å². The first-order valence-electron chi connectivity index (χ1n) is 10.6. The summed E-state index contributed by atoms with van der Waals surface area (Å²) in [5.74, 6) is -0.504. The van der Waals surface area contributed by atoms with Crippen LogP contribution in [0.25, 0.3) is 11.1 Å². The number of rotatable bonds is 11. The number of fused-ring (bicyclic) bond motifs is 1. The van der Waals surface area contributed by atoms with Crippen LogP contribution < -0.4 is 15.2 Å². The first-order chi connectivity index (χ1) is 16.7. The largest absolute Gasteiger partial charge is 0.497 e. The predicted octanol–water partition coefficient (Wildman–Crippen LogP) is 2.50. The van der Waals surface area contributed by atoms with Crippen molar-refractivity contribution in [3.05, 3.63) is 62.6 Å². The van der Waals surface area contributed by atoms with Crippen LogP contribution in [-0.2, 0) is 27.4 Å². The lowest BCUT2D eigenvalue weighted by atomic mass is 10.1. The number of aromatic nitrogens is 1. The number of non-ortho nitro benzene ring substituents is 1. The summed E-state index contributed by atoms with van der Waals surface area (Å²) in [6, 6.07) is 9.04. The molecule has 186 valence electrons. The van der Waals surface area contributed by atoms with Gasteiger partial charge in [-0.05, 0) is 30.2 Å². The van der Waals surface area contributed by atoms with E-state index >= 15 is 0 Å². The molecule has 0 saturated carbocycles. The van der Waals surface area contributed by atoms with E-state index in [1.54, 1.807) is 18.2 Å². The fourth-order valence-electron chi connectivity index (χ4n) is 3.56. The van der Waals surface area contributed by atoms with Gasteiger partial charge in [-0.1, -0.05) is 0 Å². The van der Waals surface area contributed by atoms with Crippen LogP contribution in [0.2, 0.25) is 0 Å². The summed E-state index contributed by atoms with van der Waals surface area (Å²) in [6.45, 7) is 0.00129. The Hall–Kier alpha value is -4.35. The van der Waals surface area contributed by atoms with Crippen molar-refractivity contribution in [1.82, 2.24) is 9.47 Å². The topological polar surface area (TPSA) is 143 Å². The number of nitro benzene ring substituents is 1. The average molecular weight is 487 g/mol. The molecule has 1 heterocycles. The van der Waals surface area contributed by atoms with E-state index in [9.17, 15) is 24.5 Å². The second-order valence-corrected chi connectivity index (χ2v) is 7.58. The van der Waals surface area contributed by atoms with Gasteiger partial charge in [-0.3, -0.25) is 24.3 Å². The Balaban J connectivity index is 1.73. The number of amides is 1. The highest BCUT2D eigenvalue weighted by Gasteiger charge is 2.20. The Morgan fingerprint density at radius 1 is 1.09 bits per heavy atom.